The fraction of sp³-hybridized carbons (Fsp3) is 0.261. The molecule has 158 valence electrons. The molecule has 4 aromatic rings. The van der Waals surface area contributed by atoms with E-state index in [0.717, 1.165) is 37.2 Å². The fourth-order valence-electron chi connectivity index (χ4n) is 4.26. The lowest BCUT2D eigenvalue weighted by Crippen LogP contribution is -2.28. The molecule has 5 rings (SSSR count). The first kappa shape index (κ1) is 19.4. The zero-order valence-corrected chi connectivity index (χ0v) is 16.8. The van der Waals surface area contributed by atoms with Crippen LogP contribution in [-0.4, -0.2) is 33.6 Å². The molecular weight excluding hydrogens is 397 g/mol. The number of benzene rings is 2. The van der Waals surface area contributed by atoms with E-state index in [9.17, 15) is 14.0 Å². The number of amides is 1. The van der Waals surface area contributed by atoms with Crippen molar-refractivity contribution in [2.75, 3.05) is 13.1 Å². The Morgan fingerprint density at radius 3 is 2.71 bits per heavy atom. The van der Waals surface area contributed by atoms with Gasteiger partial charge in [-0.1, -0.05) is 18.2 Å². The van der Waals surface area contributed by atoms with Crippen molar-refractivity contribution in [1.82, 2.24) is 25.2 Å². The van der Waals surface area contributed by atoms with Crippen molar-refractivity contribution in [3.05, 3.63) is 81.5 Å². The van der Waals surface area contributed by atoms with Gasteiger partial charge in [0.2, 0.25) is 0 Å². The number of rotatable bonds is 4. The highest BCUT2D eigenvalue weighted by Gasteiger charge is 2.22. The van der Waals surface area contributed by atoms with Crippen LogP contribution in [0.1, 0.15) is 40.4 Å². The highest BCUT2D eigenvalue weighted by atomic mass is 19.1. The summed E-state index contributed by atoms with van der Waals surface area (Å²) in [7, 11) is 0. The lowest BCUT2D eigenvalue weighted by molar-refractivity contribution is 0.0952. The summed E-state index contributed by atoms with van der Waals surface area (Å²) in [6, 6.07) is 12.9. The third kappa shape index (κ3) is 3.70. The predicted octanol–water partition coefficient (Wildman–Crippen LogP) is 2.71. The molecule has 0 saturated carbocycles. The molecule has 1 saturated heterocycles. The van der Waals surface area contributed by atoms with Gasteiger partial charge in [-0.15, -0.1) is 0 Å². The van der Waals surface area contributed by atoms with Crippen LogP contribution in [0.2, 0.25) is 0 Å². The molecule has 8 heteroatoms. The number of aromatic nitrogens is 3. The number of nitrogens with zero attached hydrogens (tertiary/aromatic N) is 2. The van der Waals surface area contributed by atoms with Crippen LogP contribution in [0.4, 0.5) is 4.39 Å². The van der Waals surface area contributed by atoms with Gasteiger partial charge in [-0.2, -0.15) is 5.10 Å². The van der Waals surface area contributed by atoms with Crippen LogP contribution in [0.25, 0.3) is 16.6 Å². The minimum atomic E-state index is -0.320. The van der Waals surface area contributed by atoms with Crippen molar-refractivity contribution in [3.63, 3.8) is 0 Å². The first-order chi connectivity index (χ1) is 15.1. The minimum absolute atomic E-state index is 0.204. The number of halogens is 1. The molecular formula is C23H22FN5O2. The average molecular weight is 419 g/mol. The van der Waals surface area contributed by atoms with E-state index in [0.29, 0.717) is 22.1 Å². The van der Waals surface area contributed by atoms with Crippen molar-refractivity contribution in [2.24, 2.45) is 0 Å². The number of piperidine rings is 1. The quantitative estimate of drug-likeness (QED) is 0.474. The summed E-state index contributed by atoms with van der Waals surface area (Å²) in [5.41, 5.74) is 3.07. The lowest BCUT2D eigenvalue weighted by Gasteiger charge is -2.23. The monoisotopic (exact) mass is 419 g/mol. The number of aromatic amines is 1. The second-order valence-electron chi connectivity index (χ2n) is 7.85. The molecule has 2 aromatic heterocycles. The standard InChI is InChI=1S/C23H22FN5O2/c24-16-6-4-14(5-7-16)13-26-23(31)17-2-1-3-18-21(17)22-27-20(30)12-19(29(22)28-18)15-8-10-25-11-9-15/h1-7,12,15,25H,8-11,13H2,(H,26,31)(H,27,30). The lowest BCUT2D eigenvalue weighted by atomic mass is 9.94. The summed E-state index contributed by atoms with van der Waals surface area (Å²) in [6.07, 6.45) is 1.86. The van der Waals surface area contributed by atoms with Crippen LogP contribution in [-0.2, 0) is 6.54 Å². The SMILES string of the molecule is O=C(NCc1ccc(F)cc1)c1cccc2nn3c(C4CCNCC4)cc(=O)[nH]c3c12. The van der Waals surface area contributed by atoms with E-state index >= 15 is 0 Å². The Labute approximate surface area is 177 Å². The Bertz CT molecular complexity index is 1320. The van der Waals surface area contributed by atoms with Crippen LogP contribution >= 0.6 is 0 Å². The van der Waals surface area contributed by atoms with Gasteiger partial charge in [0.05, 0.1) is 22.2 Å². The van der Waals surface area contributed by atoms with Crippen LogP contribution in [0.5, 0.6) is 0 Å². The Kier molecular flexibility index (Phi) is 4.99. The Balaban J connectivity index is 1.55. The summed E-state index contributed by atoms with van der Waals surface area (Å²) < 4.78 is 14.9. The number of fused-ring (bicyclic) bond motifs is 3. The maximum absolute atomic E-state index is 13.1. The van der Waals surface area contributed by atoms with Gasteiger partial charge in [0, 0.05) is 18.5 Å². The summed E-state index contributed by atoms with van der Waals surface area (Å²) >= 11 is 0. The van der Waals surface area contributed by atoms with Crippen LogP contribution < -0.4 is 16.2 Å². The molecule has 31 heavy (non-hydrogen) atoms. The highest BCUT2D eigenvalue weighted by molar-refractivity contribution is 6.11. The molecule has 0 spiro atoms. The van der Waals surface area contributed by atoms with Gasteiger partial charge in [-0.25, -0.2) is 8.91 Å². The van der Waals surface area contributed by atoms with E-state index in [1.807, 2.05) is 6.07 Å². The zero-order valence-electron chi connectivity index (χ0n) is 16.8. The van der Waals surface area contributed by atoms with Crippen LogP contribution in [0.15, 0.2) is 53.3 Å². The molecule has 0 aliphatic carbocycles. The van der Waals surface area contributed by atoms with Gasteiger partial charge in [-0.3, -0.25) is 9.59 Å². The van der Waals surface area contributed by atoms with E-state index in [1.165, 1.54) is 12.1 Å². The molecule has 0 unspecified atom stereocenters. The number of carbonyl (C=O) groups is 1. The molecule has 2 aromatic carbocycles. The molecule has 1 aliphatic rings. The number of H-pyrrole nitrogens is 1. The average Bonchev–Trinajstić information content (AvgIpc) is 3.17. The molecule has 3 heterocycles. The smallest absolute Gasteiger partial charge is 0.252 e. The largest absolute Gasteiger partial charge is 0.348 e. The molecule has 3 N–H and O–H groups in total. The number of carbonyl (C=O) groups excluding carboxylic acids is 1. The second-order valence-corrected chi connectivity index (χ2v) is 7.85. The molecule has 0 bridgehead atoms. The Morgan fingerprint density at radius 1 is 1.16 bits per heavy atom. The third-order valence-electron chi connectivity index (χ3n) is 5.83. The van der Waals surface area contributed by atoms with Crippen LogP contribution in [0, 0.1) is 5.82 Å². The number of hydrogen-bond acceptors (Lipinski definition) is 4. The van der Waals surface area contributed by atoms with Crippen molar-refractivity contribution in [3.8, 4) is 0 Å². The first-order valence-corrected chi connectivity index (χ1v) is 10.4. The fourth-order valence-corrected chi connectivity index (χ4v) is 4.26. The summed E-state index contributed by atoms with van der Waals surface area (Å²) in [5, 5.41) is 11.5. The molecule has 1 amide bonds. The molecule has 1 aliphatic heterocycles. The normalized spacial score (nSPS) is 14.9. The minimum Gasteiger partial charge on any atom is -0.348 e. The molecule has 0 atom stereocenters. The van der Waals surface area contributed by atoms with Crippen LogP contribution in [0.3, 0.4) is 0 Å². The first-order valence-electron chi connectivity index (χ1n) is 10.4. The Morgan fingerprint density at radius 2 is 1.94 bits per heavy atom. The van der Waals surface area contributed by atoms with Crippen molar-refractivity contribution in [2.45, 2.75) is 25.3 Å². The highest BCUT2D eigenvalue weighted by Crippen LogP contribution is 2.28. The van der Waals surface area contributed by atoms with Gasteiger partial charge in [0.15, 0.2) is 0 Å². The maximum atomic E-state index is 13.1. The van der Waals surface area contributed by atoms with E-state index in [4.69, 9.17) is 5.10 Å². The van der Waals surface area contributed by atoms with E-state index < -0.39 is 0 Å². The summed E-state index contributed by atoms with van der Waals surface area (Å²) in [6.45, 7) is 2.07. The van der Waals surface area contributed by atoms with Crippen molar-refractivity contribution >= 4 is 22.5 Å². The van der Waals surface area contributed by atoms with Crippen molar-refractivity contribution in [1.29, 1.82) is 0 Å². The molecule has 7 nitrogen and oxygen atoms in total. The van der Waals surface area contributed by atoms with Gasteiger partial charge >= 0.3 is 0 Å². The number of nitrogens with one attached hydrogen (secondary N) is 3. The van der Waals surface area contributed by atoms with Gasteiger partial charge in [0.1, 0.15) is 11.5 Å². The van der Waals surface area contributed by atoms with Gasteiger partial charge in [-0.05, 0) is 55.8 Å². The summed E-state index contributed by atoms with van der Waals surface area (Å²) in [4.78, 5) is 28.3. The van der Waals surface area contributed by atoms with Gasteiger partial charge < -0.3 is 15.6 Å². The summed E-state index contributed by atoms with van der Waals surface area (Å²) in [5.74, 6) is -0.367. The van der Waals surface area contributed by atoms with E-state index in [-0.39, 0.29) is 29.7 Å². The van der Waals surface area contributed by atoms with Crippen molar-refractivity contribution < 1.29 is 9.18 Å². The zero-order chi connectivity index (χ0) is 21.4. The maximum Gasteiger partial charge on any atom is 0.252 e. The van der Waals surface area contributed by atoms with Gasteiger partial charge in [0.25, 0.3) is 11.5 Å². The molecule has 1 fully saturated rings. The van der Waals surface area contributed by atoms with E-state index in [2.05, 4.69) is 15.6 Å². The van der Waals surface area contributed by atoms with E-state index in [1.54, 1.807) is 34.8 Å². The number of hydrogen-bond donors (Lipinski definition) is 3. The Hall–Kier alpha value is -3.52. The topological polar surface area (TPSA) is 91.3 Å². The second kappa shape index (κ2) is 7.96. The molecule has 0 radical (unpaired) electrons. The predicted molar refractivity (Wildman–Crippen MR) is 116 cm³/mol. The third-order valence-corrected chi connectivity index (χ3v) is 5.83.